The summed E-state index contributed by atoms with van der Waals surface area (Å²) in [6, 6.07) is 0. The summed E-state index contributed by atoms with van der Waals surface area (Å²) in [6.45, 7) is 14.1. The van der Waals surface area contributed by atoms with Crippen LogP contribution >= 0.6 is 15.6 Å². The monoisotopic (exact) mass is 1350 g/mol. The maximum atomic E-state index is 13.1. The number of aliphatic hydroxyl groups excluding tert-OH is 1. The molecule has 0 radical (unpaired) electrons. The quantitative estimate of drug-likeness (QED) is 0.0222. The first-order valence-electron chi connectivity index (χ1n) is 37.8. The van der Waals surface area contributed by atoms with Gasteiger partial charge in [0.25, 0.3) is 0 Å². The number of aliphatic hydroxyl groups is 1. The Labute approximate surface area is 562 Å². The number of carbonyl (C=O) groups excluding carboxylic acids is 4. The number of carbonyl (C=O) groups is 4. The lowest BCUT2D eigenvalue weighted by atomic mass is 9.99. The molecule has 0 bridgehead atoms. The van der Waals surface area contributed by atoms with Gasteiger partial charge in [0.05, 0.1) is 26.4 Å². The molecule has 7 atom stereocenters. The number of unbranched alkanes of at least 4 members (excludes halogenated alkanes) is 34. The molecule has 546 valence electrons. The Balaban J connectivity index is 5.25. The highest BCUT2D eigenvalue weighted by molar-refractivity contribution is 7.47. The number of hydrogen-bond donors (Lipinski definition) is 3. The van der Waals surface area contributed by atoms with Crippen LogP contribution in [-0.2, 0) is 65.4 Å². The van der Waals surface area contributed by atoms with Gasteiger partial charge >= 0.3 is 39.5 Å². The highest BCUT2D eigenvalue weighted by Crippen LogP contribution is 2.45. The predicted octanol–water partition coefficient (Wildman–Crippen LogP) is 20.9. The molecule has 0 rings (SSSR count). The molecule has 17 nitrogen and oxygen atoms in total. The molecule has 0 saturated carbocycles. The van der Waals surface area contributed by atoms with Gasteiger partial charge in [-0.05, 0) is 49.4 Å². The third kappa shape index (κ3) is 64.1. The second-order valence-electron chi connectivity index (χ2n) is 27.8. The zero-order valence-electron chi connectivity index (χ0n) is 60.2. The van der Waals surface area contributed by atoms with Crippen molar-refractivity contribution < 1.29 is 80.2 Å². The fourth-order valence-electron chi connectivity index (χ4n) is 11.0. The Hall–Kier alpha value is -1.94. The predicted molar refractivity (Wildman–Crippen MR) is 372 cm³/mol. The maximum Gasteiger partial charge on any atom is 0.472 e. The summed E-state index contributed by atoms with van der Waals surface area (Å²) in [6.07, 6.45) is 45.8. The molecule has 0 aromatic carbocycles. The molecular weight excluding hydrogens is 1210 g/mol. The van der Waals surface area contributed by atoms with Crippen LogP contribution < -0.4 is 0 Å². The maximum absolute atomic E-state index is 13.1. The molecule has 92 heavy (non-hydrogen) atoms. The summed E-state index contributed by atoms with van der Waals surface area (Å²) in [7, 11) is -9.91. The summed E-state index contributed by atoms with van der Waals surface area (Å²) in [5, 5.41) is 10.6. The zero-order chi connectivity index (χ0) is 68.2. The molecular formula is C73H142O17P2. The van der Waals surface area contributed by atoms with Crippen molar-refractivity contribution in [3.8, 4) is 0 Å². The van der Waals surface area contributed by atoms with Crippen molar-refractivity contribution in [3.05, 3.63) is 0 Å². The average Bonchev–Trinajstić information content (AvgIpc) is 3.54. The zero-order valence-corrected chi connectivity index (χ0v) is 62.0. The van der Waals surface area contributed by atoms with Crippen molar-refractivity contribution >= 4 is 39.5 Å². The number of esters is 4. The minimum absolute atomic E-state index is 0.102. The van der Waals surface area contributed by atoms with Gasteiger partial charge in [0, 0.05) is 25.7 Å². The van der Waals surface area contributed by atoms with Gasteiger partial charge in [0.2, 0.25) is 0 Å². The molecule has 0 aliphatic heterocycles. The summed E-state index contributed by atoms with van der Waals surface area (Å²) >= 11 is 0. The Morgan fingerprint density at radius 2 is 0.522 bits per heavy atom. The van der Waals surface area contributed by atoms with E-state index >= 15 is 0 Å². The van der Waals surface area contributed by atoms with Crippen LogP contribution in [0.5, 0.6) is 0 Å². The van der Waals surface area contributed by atoms with E-state index in [4.69, 9.17) is 37.0 Å². The van der Waals surface area contributed by atoms with E-state index in [0.717, 1.165) is 114 Å². The molecule has 0 amide bonds. The van der Waals surface area contributed by atoms with Crippen LogP contribution in [0.3, 0.4) is 0 Å². The number of phosphoric acid groups is 2. The van der Waals surface area contributed by atoms with Gasteiger partial charge in [-0.2, -0.15) is 0 Å². The lowest BCUT2D eigenvalue weighted by Gasteiger charge is -2.21. The molecule has 19 heteroatoms. The lowest BCUT2D eigenvalue weighted by Crippen LogP contribution is -2.30. The van der Waals surface area contributed by atoms with E-state index in [1.165, 1.54) is 167 Å². The first-order valence-corrected chi connectivity index (χ1v) is 40.8. The van der Waals surface area contributed by atoms with Crippen LogP contribution in [0.1, 0.15) is 364 Å². The third-order valence-corrected chi connectivity index (χ3v) is 19.4. The highest BCUT2D eigenvalue weighted by Gasteiger charge is 2.30. The Kier molecular flexibility index (Phi) is 61.3. The lowest BCUT2D eigenvalue weighted by molar-refractivity contribution is -0.161. The molecule has 0 heterocycles. The van der Waals surface area contributed by atoms with E-state index < -0.39 is 97.5 Å². The standard InChI is InChI=1S/C73H142O17P2/c1-9-65(7)51-43-35-27-20-17-18-21-28-37-45-53-70(75)83-59-68(89-72(77)55-47-39-30-22-16-14-12-11-13-15-19-25-33-41-49-63(3)4)61-87-91(79,80)85-57-67(74)58-86-92(81,82)88-62-69(90-73(78)56-48-40-32-31-36-44-52-66(8)10-2)60-84-71(76)54-46-38-29-24-23-26-34-42-50-64(5)6/h63-69,74H,9-62H2,1-8H3,(H,79,80)(H,81,82)/t65?,66?,67?,68-,69-/m1/s1. The van der Waals surface area contributed by atoms with E-state index in [-0.39, 0.29) is 25.7 Å². The van der Waals surface area contributed by atoms with Crippen molar-refractivity contribution in [1.29, 1.82) is 0 Å². The van der Waals surface area contributed by atoms with E-state index in [9.17, 15) is 43.2 Å². The molecule has 0 spiro atoms. The summed E-state index contributed by atoms with van der Waals surface area (Å²) < 4.78 is 68.4. The van der Waals surface area contributed by atoms with Crippen LogP contribution in [0.4, 0.5) is 0 Å². The van der Waals surface area contributed by atoms with Crippen molar-refractivity contribution in [2.75, 3.05) is 39.6 Å². The molecule has 0 aromatic rings. The molecule has 0 aliphatic rings. The molecule has 0 fully saturated rings. The van der Waals surface area contributed by atoms with E-state index in [1.807, 2.05) is 0 Å². The Bertz CT molecular complexity index is 1820. The van der Waals surface area contributed by atoms with Gasteiger partial charge in [-0.25, -0.2) is 9.13 Å². The fourth-order valence-corrected chi connectivity index (χ4v) is 12.5. The van der Waals surface area contributed by atoms with Crippen LogP contribution in [0, 0.1) is 23.7 Å². The van der Waals surface area contributed by atoms with Crippen LogP contribution in [0.25, 0.3) is 0 Å². The number of ether oxygens (including phenoxy) is 4. The largest absolute Gasteiger partial charge is 0.472 e. The number of rotatable bonds is 70. The van der Waals surface area contributed by atoms with E-state index in [2.05, 4.69) is 55.4 Å². The van der Waals surface area contributed by atoms with Crippen molar-refractivity contribution in [2.24, 2.45) is 23.7 Å². The second-order valence-corrected chi connectivity index (χ2v) is 30.7. The molecule has 0 saturated heterocycles. The van der Waals surface area contributed by atoms with Crippen molar-refractivity contribution in [2.45, 2.75) is 382 Å². The minimum atomic E-state index is -4.96. The summed E-state index contributed by atoms with van der Waals surface area (Å²) in [5.74, 6) is 0.923. The molecule has 3 N–H and O–H groups in total. The molecule has 0 aromatic heterocycles. The average molecular weight is 1350 g/mol. The normalized spacial score (nSPS) is 14.8. The third-order valence-electron chi connectivity index (χ3n) is 17.5. The van der Waals surface area contributed by atoms with Gasteiger partial charge < -0.3 is 33.8 Å². The van der Waals surface area contributed by atoms with Crippen LogP contribution in [0.15, 0.2) is 0 Å². The fraction of sp³-hybridized carbons (Fsp3) is 0.945. The van der Waals surface area contributed by atoms with Gasteiger partial charge in [-0.15, -0.1) is 0 Å². The minimum Gasteiger partial charge on any atom is -0.462 e. The molecule has 5 unspecified atom stereocenters. The smallest absolute Gasteiger partial charge is 0.462 e. The van der Waals surface area contributed by atoms with Gasteiger partial charge in [0.1, 0.15) is 19.3 Å². The van der Waals surface area contributed by atoms with Gasteiger partial charge in [-0.1, -0.05) is 312 Å². The van der Waals surface area contributed by atoms with Gasteiger partial charge in [0.15, 0.2) is 12.2 Å². The SMILES string of the molecule is CCC(C)CCCCCCCCCCCCC(=O)OC[C@H](COP(=O)(O)OCC(O)COP(=O)(O)OC[C@@H](COC(=O)CCCCCCCCCCC(C)C)OC(=O)CCCCCCCCC(C)CC)OC(=O)CCCCCCCCCCCCCCCCC(C)C. The second kappa shape index (κ2) is 62.6. The summed E-state index contributed by atoms with van der Waals surface area (Å²) in [4.78, 5) is 72.7. The topological polar surface area (TPSA) is 237 Å². The summed E-state index contributed by atoms with van der Waals surface area (Å²) in [5.41, 5.74) is 0. The van der Waals surface area contributed by atoms with E-state index in [0.29, 0.717) is 25.7 Å². The Morgan fingerprint density at radius 3 is 0.772 bits per heavy atom. The van der Waals surface area contributed by atoms with Crippen molar-refractivity contribution in [3.63, 3.8) is 0 Å². The number of hydrogen-bond acceptors (Lipinski definition) is 15. The Morgan fingerprint density at radius 1 is 0.304 bits per heavy atom. The van der Waals surface area contributed by atoms with Gasteiger partial charge in [-0.3, -0.25) is 37.3 Å². The molecule has 0 aliphatic carbocycles. The van der Waals surface area contributed by atoms with Crippen LogP contribution in [0.2, 0.25) is 0 Å². The first kappa shape index (κ1) is 90.1. The first-order chi connectivity index (χ1) is 44.2. The van der Waals surface area contributed by atoms with E-state index in [1.54, 1.807) is 0 Å². The highest BCUT2D eigenvalue weighted by atomic mass is 31.2. The van der Waals surface area contributed by atoms with Crippen molar-refractivity contribution in [1.82, 2.24) is 0 Å². The number of phosphoric ester groups is 2. The van der Waals surface area contributed by atoms with Crippen LogP contribution in [-0.4, -0.2) is 96.7 Å².